The molecule has 1 aromatic carbocycles. The van der Waals surface area contributed by atoms with Crippen molar-refractivity contribution in [2.45, 2.75) is 39.2 Å². The van der Waals surface area contributed by atoms with Gasteiger partial charge in [0.25, 0.3) is 0 Å². The molecule has 0 amide bonds. The molecule has 0 bridgehead atoms. The molecule has 0 heterocycles. The molecule has 1 atom stereocenters. The average Bonchev–Trinajstić information content (AvgIpc) is 2.29. The van der Waals surface area contributed by atoms with E-state index in [1.54, 1.807) is 0 Å². The first-order valence-electron chi connectivity index (χ1n) is 6.22. The molecule has 2 heteroatoms. The van der Waals surface area contributed by atoms with Crippen LogP contribution in [0.15, 0.2) is 24.3 Å². The summed E-state index contributed by atoms with van der Waals surface area (Å²) in [5.41, 5.74) is 8.49. The minimum atomic E-state index is 0.102. The van der Waals surface area contributed by atoms with Crippen LogP contribution >= 0.6 is 0 Å². The lowest BCUT2D eigenvalue weighted by Crippen LogP contribution is -2.21. The van der Waals surface area contributed by atoms with E-state index in [-0.39, 0.29) is 6.04 Å². The van der Waals surface area contributed by atoms with Crippen LogP contribution in [0.4, 0.5) is 5.69 Å². The van der Waals surface area contributed by atoms with Gasteiger partial charge < -0.3 is 10.6 Å². The van der Waals surface area contributed by atoms with Crippen molar-refractivity contribution in [2.75, 3.05) is 18.5 Å². The molecule has 0 aliphatic rings. The Morgan fingerprint density at radius 1 is 1.25 bits per heavy atom. The monoisotopic (exact) mass is 220 g/mol. The molecule has 0 spiro atoms. The van der Waals surface area contributed by atoms with Gasteiger partial charge in [0.05, 0.1) is 0 Å². The van der Waals surface area contributed by atoms with Crippen molar-refractivity contribution in [1.82, 2.24) is 0 Å². The van der Waals surface area contributed by atoms with Crippen LogP contribution in [-0.2, 0) is 0 Å². The van der Waals surface area contributed by atoms with Crippen molar-refractivity contribution in [2.24, 2.45) is 5.73 Å². The summed E-state index contributed by atoms with van der Waals surface area (Å²) in [7, 11) is 2.15. The molecule has 0 aliphatic heterocycles. The Kier molecular flexibility index (Phi) is 5.33. The lowest BCUT2D eigenvalue weighted by molar-refractivity contribution is 0.700. The van der Waals surface area contributed by atoms with Crippen molar-refractivity contribution in [3.05, 3.63) is 29.8 Å². The molecule has 1 rings (SSSR count). The molecule has 0 aromatic heterocycles. The molecule has 1 aromatic rings. The van der Waals surface area contributed by atoms with Gasteiger partial charge in [-0.3, -0.25) is 0 Å². The molecule has 0 radical (unpaired) electrons. The fourth-order valence-corrected chi connectivity index (χ4v) is 1.94. The van der Waals surface area contributed by atoms with Gasteiger partial charge in [-0.2, -0.15) is 0 Å². The zero-order valence-corrected chi connectivity index (χ0v) is 10.7. The summed E-state index contributed by atoms with van der Waals surface area (Å²) in [6.45, 7) is 5.38. The Labute approximate surface area is 99.5 Å². The molecule has 16 heavy (non-hydrogen) atoms. The highest BCUT2D eigenvalue weighted by atomic mass is 15.1. The fraction of sp³-hybridized carbons (Fsp3) is 0.571. The predicted octanol–water partition coefficient (Wildman–Crippen LogP) is 3.33. The number of nitrogens with two attached hydrogens (primary N) is 1. The largest absolute Gasteiger partial charge is 0.374 e. The van der Waals surface area contributed by atoms with E-state index < -0.39 is 0 Å². The van der Waals surface area contributed by atoms with Gasteiger partial charge in [-0.25, -0.2) is 0 Å². The van der Waals surface area contributed by atoms with Gasteiger partial charge >= 0.3 is 0 Å². The molecule has 2 N–H and O–H groups in total. The average molecular weight is 220 g/mol. The molecule has 0 aliphatic carbocycles. The Balaban J connectivity index is 2.70. The third-order valence-electron chi connectivity index (χ3n) is 2.94. The van der Waals surface area contributed by atoms with E-state index in [0.29, 0.717) is 0 Å². The lowest BCUT2D eigenvalue weighted by Gasteiger charge is -2.23. The number of rotatable bonds is 6. The van der Waals surface area contributed by atoms with E-state index >= 15 is 0 Å². The molecule has 90 valence electrons. The standard InChI is InChI=1S/C14H24N2/c1-4-5-8-11-16(3)14-10-7-6-9-13(14)12(2)15/h6-7,9-10,12H,4-5,8,11,15H2,1-3H3. The second-order valence-electron chi connectivity index (χ2n) is 4.48. The van der Waals surface area contributed by atoms with Crippen molar-refractivity contribution < 1.29 is 0 Å². The SMILES string of the molecule is CCCCCN(C)c1ccccc1C(C)N. The summed E-state index contributed by atoms with van der Waals surface area (Å²) in [4.78, 5) is 2.31. The quantitative estimate of drug-likeness (QED) is 0.745. The Morgan fingerprint density at radius 3 is 2.56 bits per heavy atom. The van der Waals surface area contributed by atoms with Crippen LogP contribution in [0.3, 0.4) is 0 Å². The topological polar surface area (TPSA) is 29.3 Å². The van der Waals surface area contributed by atoms with Gasteiger partial charge in [0.2, 0.25) is 0 Å². The second-order valence-corrected chi connectivity index (χ2v) is 4.48. The Bertz CT molecular complexity index is 307. The van der Waals surface area contributed by atoms with Crippen LogP contribution in [-0.4, -0.2) is 13.6 Å². The normalized spacial score (nSPS) is 12.5. The maximum absolute atomic E-state index is 5.98. The maximum Gasteiger partial charge on any atom is 0.0411 e. The van der Waals surface area contributed by atoms with E-state index in [2.05, 4.69) is 43.1 Å². The highest BCUT2D eigenvalue weighted by Crippen LogP contribution is 2.24. The number of nitrogens with zero attached hydrogens (tertiary/aromatic N) is 1. The zero-order valence-electron chi connectivity index (χ0n) is 10.7. The van der Waals surface area contributed by atoms with Crippen molar-refractivity contribution in [3.63, 3.8) is 0 Å². The first-order valence-corrected chi connectivity index (χ1v) is 6.22. The van der Waals surface area contributed by atoms with Crippen molar-refractivity contribution in [1.29, 1.82) is 0 Å². The minimum absolute atomic E-state index is 0.102. The van der Waals surface area contributed by atoms with E-state index in [0.717, 1.165) is 6.54 Å². The number of hydrogen-bond donors (Lipinski definition) is 1. The first-order chi connectivity index (χ1) is 7.66. The summed E-state index contributed by atoms with van der Waals surface area (Å²) in [5.74, 6) is 0. The zero-order chi connectivity index (χ0) is 12.0. The van der Waals surface area contributed by atoms with Gasteiger partial charge in [0.15, 0.2) is 0 Å². The van der Waals surface area contributed by atoms with E-state index in [4.69, 9.17) is 5.73 Å². The Morgan fingerprint density at radius 2 is 1.94 bits per heavy atom. The van der Waals surface area contributed by atoms with E-state index in [9.17, 15) is 0 Å². The second kappa shape index (κ2) is 6.54. The summed E-state index contributed by atoms with van der Waals surface area (Å²) in [6.07, 6.45) is 3.81. The molecule has 0 fully saturated rings. The molecular formula is C14H24N2. The highest BCUT2D eigenvalue weighted by Gasteiger charge is 2.09. The van der Waals surface area contributed by atoms with Gasteiger partial charge in [0, 0.05) is 25.3 Å². The Hall–Kier alpha value is -1.02. The van der Waals surface area contributed by atoms with Crippen LogP contribution in [0.5, 0.6) is 0 Å². The van der Waals surface area contributed by atoms with E-state index in [1.165, 1.54) is 30.5 Å². The van der Waals surface area contributed by atoms with Crippen molar-refractivity contribution in [3.8, 4) is 0 Å². The predicted molar refractivity (Wildman–Crippen MR) is 71.8 cm³/mol. The van der Waals surface area contributed by atoms with Crippen LogP contribution in [0.1, 0.15) is 44.7 Å². The summed E-state index contributed by atoms with van der Waals surface area (Å²) < 4.78 is 0. The number of para-hydroxylation sites is 1. The van der Waals surface area contributed by atoms with E-state index in [1.807, 2.05) is 6.92 Å². The van der Waals surface area contributed by atoms with Gasteiger partial charge in [0.1, 0.15) is 0 Å². The molecule has 1 unspecified atom stereocenters. The number of benzene rings is 1. The number of anilines is 1. The summed E-state index contributed by atoms with van der Waals surface area (Å²) in [5, 5.41) is 0. The third-order valence-corrected chi connectivity index (χ3v) is 2.94. The number of hydrogen-bond acceptors (Lipinski definition) is 2. The highest BCUT2D eigenvalue weighted by molar-refractivity contribution is 5.54. The van der Waals surface area contributed by atoms with Crippen LogP contribution < -0.4 is 10.6 Å². The summed E-state index contributed by atoms with van der Waals surface area (Å²) >= 11 is 0. The van der Waals surface area contributed by atoms with Gasteiger partial charge in [-0.05, 0) is 25.0 Å². The van der Waals surface area contributed by atoms with Crippen molar-refractivity contribution >= 4 is 5.69 Å². The number of unbranched alkanes of at least 4 members (excludes halogenated alkanes) is 2. The molecule has 0 saturated heterocycles. The fourth-order valence-electron chi connectivity index (χ4n) is 1.94. The molecule has 2 nitrogen and oxygen atoms in total. The molecule has 0 saturated carbocycles. The lowest BCUT2D eigenvalue weighted by atomic mass is 10.1. The molecular weight excluding hydrogens is 196 g/mol. The maximum atomic E-state index is 5.98. The smallest absolute Gasteiger partial charge is 0.0411 e. The first kappa shape index (κ1) is 13.0. The van der Waals surface area contributed by atoms with Crippen LogP contribution in [0, 0.1) is 0 Å². The summed E-state index contributed by atoms with van der Waals surface area (Å²) in [6, 6.07) is 8.52. The van der Waals surface area contributed by atoms with Gasteiger partial charge in [-0.1, -0.05) is 38.0 Å². The third kappa shape index (κ3) is 3.53. The van der Waals surface area contributed by atoms with Gasteiger partial charge in [-0.15, -0.1) is 0 Å². The van der Waals surface area contributed by atoms with Crippen LogP contribution in [0.2, 0.25) is 0 Å². The van der Waals surface area contributed by atoms with Crippen LogP contribution in [0.25, 0.3) is 0 Å². The minimum Gasteiger partial charge on any atom is -0.374 e.